The van der Waals surface area contributed by atoms with Crippen LogP contribution in [-0.4, -0.2) is 66.2 Å². The van der Waals surface area contributed by atoms with E-state index in [4.69, 9.17) is 19.7 Å². The van der Waals surface area contributed by atoms with Crippen LogP contribution in [0.3, 0.4) is 0 Å². The summed E-state index contributed by atoms with van der Waals surface area (Å²) in [6.07, 6.45) is 9.36. The Morgan fingerprint density at radius 1 is 0.939 bits per heavy atom. The van der Waals surface area contributed by atoms with Gasteiger partial charge in [-0.25, -0.2) is 4.39 Å². The number of nitrogens with one attached hydrogen (secondary N) is 2. The molecule has 2 fully saturated rings. The van der Waals surface area contributed by atoms with Crippen LogP contribution < -0.4 is 20.3 Å². The predicted molar refractivity (Wildman–Crippen MR) is 130 cm³/mol. The molecule has 9 heteroatoms. The van der Waals surface area contributed by atoms with Gasteiger partial charge in [0.15, 0.2) is 11.6 Å². The number of methoxy groups -OCH3 is 1. The van der Waals surface area contributed by atoms with Crippen LogP contribution in [-0.2, 0) is 0 Å². The average molecular weight is 458 g/mol. The zero-order valence-corrected chi connectivity index (χ0v) is 20.0. The summed E-state index contributed by atoms with van der Waals surface area (Å²) < 4.78 is 19.4. The number of anilines is 4. The fourth-order valence-electron chi connectivity index (χ4n) is 4.57. The van der Waals surface area contributed by atoms with Crippen molar-refractivity contribution in [3.8, 4) is 5.75 Å². The number of piperidine rings is 1. The van der Waals surface area contributed by atoms with Gasteiger partial charge in [-0.2, -0.15) is 15.0 Å². The topological polar surface area (TPSA) is 78.4 Å². The second kappa shape index (κ2) is 11.0. The molecule has 33 heavy (non-hydrogen) atoms. The van der Waals surface area contributed by atoms with Crippen LogP contribution in [0.5, 0.6) is 5.75 Å². The Kier molecular flexibility index (Phi) is 7.80. The zero-order valence-electron chi connectivity index (χ0n) is 20.0. The molecular formula is C24H36FN7O. The molecule has 0 unspecified atom stereocenters. The third kappa shape index (κ3) is 6.22. The summed E-state index contributed by atoms with van der Waals surface area (Å²) >= 11 is 0. The van der Waals surface area contributed by atoms with Gasteiger partial charge in [0.1, 0.15) is 0 Å². The number of aromatic nitrogens is 3. The molecular weight excluding hydrogens is 421 g/mol. The van der Waals surface area contributed by atoms with Crippen LogP contribution in [0.25, 0.3) is 0 Å². The van der Waals surface area contributed by atoms with Crippen LogP contribution in [0.4, 0.5) is 27.9 Å². The average Bonchev–Trinajstić information content (AvgIpc) is 3.08. The quantitative estimate of drug-likeness (QED) is 0.592. The Hall–Kier alpha value is -2.68. The molecule has 1 aliphatic heterocycles. The van der Waals surface area contributed by atoms with E-state index in [2.05, 4.69) is 22.6 Å². The molecule has 1 saturated carbocycles. The number of rotatable bonds is 7. The maximum Gasteiger partial charge on any atom is 0.236 e. The third-order valence-corrected chi connectivity index (χ3v) is 6.69. The first kappa shape index (κ1) is 23.5. The lowest BCUT2D eigenvalue weighted by Crippen LogP contribution is -2.37. The summed E-state index contributed by atoms with van der Waals surface area (Å²) in [6.45, 7) is 2.10. The van der Waals surface area contributed by atoms with Gasteiger partial charge in [-0.1, -0.05) is 25.7 Å². The molecule has 1 aromatic carbocycles. The first-order valence-corrected chi connectivity index (χ1v) is 12.1. The molecule has 1 aromatic heterocycles. The maximum atomic E-state index is 14.3. The number of nitrogens with zero attached hydrogens (tertiary/aromatic N) is 5. The SMILES string of the molecule is COc1ccc(N(C)c2nc(NC3CCCCCC3)nc(NC3CCN(C)CC3)n2)cc1F. The smallest absolute Gasteiger partial charge is 0.236 e. The van der Waals surface area contributed by atoms with Crippen LogP contribution in [0.15, 0.2) is 18.2 Å². The summed E-state index contributed by atoms with van der Waals surface area (Å²) in [4.78, 5) is 18.2. The fourth-order valence-corrected chi connectivity index (χ4v) is 4.57. The molecule has 0 bridgehead atoms. The molecule has 0 spiro atoms. The second-order valence-electron chi connectivity index (χ2n) is 9.22. The molecule has 180 valence electrons. The van der Waals surface area contributed by atoms with Crippen molar-refractivity contribution in [1.82, 2.24) is 19.9 Å². The van der Waals surface area contributed by atoms with E-state index in [-0.39, 0.29) is 5.75 Å². The van der Waals surface area contributed by atoms with E-state index in [0.717, 1.165) is 38.8 Å². The lowest BCUT2D eigenvalue weighted by Gasteiger charge is -2.29. The Morgan fingerprint density at radius 3 is 2.12 bits per heavy atom. The number of hydrogen-bond acceptors (Lipinski definition) is 8. The van der Waals surface area contributed by atoms with Crippen LogP contribution >= 0.6 is 0 Å². The van der Waals surface area contributed by atoms with Gasteiger partial charge in [-0.15, -0.1) is 0 Å². The number of benzene rings is 1. The maximum absolute atomic E-state index is 14.3. The standard InChI is InChI=1S/C24H36FN7O/c1-31-14-12-18(13-15-31)27-23-28-22(26-17-8-6-4-5-7-9-17)29-24(30-23)32(2)19-10-11-21(33-3)20(25)16-19/h10-11,16-18H,4-9,12-15H2,1-3H3,(H2,26,27,28,29,30). The molecule has 2 aliphatic rings. The Labute approximate surface area is 196 Å². The predicted octanol–water partition coefficient (Wildman–Crippen LogP) is 4.43. The molecule has 1 saturated heterocycles. The first-order valence-electron chi connectivity index (χ1n) is 12.1. The molecule has 1 aliphatic carbocycles. The normalized spacial score (nSPS) is 18.5. The van der Waals surface area contributed by atoms with Gasteiger partial charge in [0.2, 0.25) is 17.8 Å². The minimum Gasteiger partial charge on any atom is -0.494 e. The van der Waals surface area contributed by atoms with Crippen molar-refractivity contribution in [2.75, 3.05) is 49.8 Å². The van der Waals surface area contributed by atoms with Crippen LogP contribution in [0.2, 0.25) is 0 Å². The van der Waals surface area contributed by atoms with E-state index in [1.807, 2.05) is 7.05 Å². The Balaban J connectivity index is 1.59. The first-order chi connectivity index (χ1) is 16.0. The van der Waals surface area contributed by atoms with Crippen molar-refractivity contribution < 1.29 is 9.13 Å². The lowest BCUT2D eigenvalue weighted by atomic mass is 10.1. The highest BCUT2D eigenvalue weighted by Crippen LogP contribution is 2.28. The largest absolute Gasteiger partial charge is 0.494 e. The number of hydrogen-bond donors (Lipinski definition) is 2. The van der Waals surface area contributed by atoms with E-state index in [1.54, 1.807) is 17.0 Å². The molecule has 4 rings (SSSR count). The monoisotopic (exact) mass is 457 g/mol. The third-order valence-electron chi connectivity index (χ3n) is 6.69. The van der Waals surface area contributed by atoms with Crippen molar-refractivity contribution >= 4 is 23.5 Å². The second-order valence-corrected chi connectivity index (χ2v) is 9.22. The summed E-state index contributed by atoms with van der Waals surface area (Å²) in [5.41, 5.74) is 0.644. The van der Waals surface area contributed by atoms with Crippen molar-refractivity contribution in [1.29, 1.82) is 0 Å². The van der Waals surface area contributed by atoms with Gasteiger partial charge < -0.3 is 25.2 Å². The minimum absolute atomic E-state index is 0.211. The molecule has 8 nitrogen and oxygen atoms in total. The number of likely N-dealkylation sites (tertiary alicyclic amines) is 1. The molecule has 0 amide bonds. The number of halogens is 1. The van der Waals surface area contributed by atoms with Gasteiger partial charge in [0, 0.05) is 30.9 Å². The molecule has 0 atom stereocenters. The van der Waals surface area contributed by atoms with Gasteiger partial charge in [0.25, 0.3) is 0 Å². The van der Waals surface area contributed by atoms with Crippen LogP contribution in [0, 0.1) is 5.82 Å². The highest BCUT2D eigenvalue weighted by molar-refractivity contribution is 5.59. The van der Waals surface area contributed by atoms with Gasteiger partial charge in [-0.3, -0.25) is 0 Å². The molecule has 0 radical (unpaired) electrons. The van der Waals surface area contributed by atoms with Crippen molar-refractivity contribution in [3.05, 3.63) is 24.0 Å². The lowest BCUT2D eigenvalue weighted by molar-refractivity contribution is 0.263. The number of ether oxygens (including phenoxy) is 1. The molecule has 2 aromatic rings. The van der Waals surface area contributed by atoms with E-state index in [1.165, 1.54) is 38.9 Å². The van der Waals surface area contributed by atoms with E-state index >= 15 is 0 Å². The highest BCUT2D eigenvalue weighted by Gasteiger charge is 2.21. The summed E-state index contributed by atoms with van der Waals surface area (Å²) in [5, 5.41) is 7.07. The van der Waals surface area contributed by atoms with Gasteiger partial charge >= 0.3 is 0 Å². The van der Waals surface area contributed by atoms with E-state index < -0.39 is 5.82 Å². The summed E-state index contributed by atoms with van der Waals surface area (Å²) in [7, 11) is 5.44. The van der Waals surface area contributed by atoms with Gasteiger partial charge in [0.05, 0.1) is 7.11 Å². The Bertz CT molecular complexity index is 912. The molecule has 2 N–H and O–H groups in total. The van der Waals surface area contributed by atoms with E-state index in [0.29, 0.717) is 35.6 Å². The highest BCUT2D eigenvalue weighted by atomic mass is 19.1. The van der Waals surface area contributed by atoms with Crippen molar-refractivity contribution in [2.45, 2.75) is 63.5 Å². The van der Waals surface area contributed by atoms with Crippen molar-refractivity contribution in [2.24, 2.45) is 0 Å². The zero-order chi connectivity index (χ0) is 23.2. The van der Waals surface area contributed by atoms with Gasteiger partial charge in [-0.05, 0) is 58.0 Å². The minimum atomic E-state index is -0.419. The van der Waals surface area contributed by atoms with Crippen LogP contribution in [0.1, 0.15) is 51.4 Å². The summed E-state index contributed by atoms with van der Waals surface area (Å²) in [5.74, 6) is 1.40. The molecule has 2 heterocycles. The summed E-state index contributed by atoms with van der Waals surface area (Å²) in [6, 6.07) is 5.54. The Morgan fingerprint density at radius 2 is 1.55 bits per heavy atom. The van der Waals surface area contributed by atoms with E-state index in [9.17, 15) is 4.39 Å². The fraction of sp³-hybridized carbons (Fsp3) is 0.625. The van der Waals surface area contributed by atoms with Crippen molar-refractivity contribution in [3.63, 3.8) is 0 Å².